The highest BCUT2D eigenvalue weighted by Gasteiger charge is 2.31. The number of guanidine groups is 1. The summed E-state index contributed by atoms with van der Waals surface area (Å²) in [5.74, 6) is 1.46. The van der Waals surface area contributed by atoms with Crippen LogP contribution in [-0.2, 0) is 11.3 Å². The van der Waals surface area contributed by atoms with Crippen LogP contribution < -0.4 is 15.5 Å². The molecule has 0 spiro atoms. The number of nitrogens with zero attached hydrogens (tertiary/aromatic N) is 3. The Morgan fingerprint density at radius 1 is 1.19 bits per heavy atom. The Balaban J connectivity index is 0.00000341. The number of nitrogens with one attached hydrogen (secondary N) is 2. The number of likely N-dealkylation sites (tertiary alicyclic amines) is 1. The topological polar surface area (TPSA) is 60.0 Å². The Hall–Kier alpha value is -1.51. The molecule has 0 aromatic heterocycles. The van der Waals surface area contributed by atoms with E-state index in [0.29, 0.717) is 12.5 Å². The van der Waals surface area contributed by atoms with Crippen molar-refractivity contribution in [2.75, 3.05) is 38.6 Å². The Morgan fingerprint density at radius 2 is 1.94 bits per heavy atom. The number of anilines is 1. The number of carbonyl (C=O) groups excluding carboxylic acids is 1. The third kappa shape index (κ3) is 7.26. The molecule has 2 fully saturated rings. The van der Waals surface area contributed by atoms with Crippen LogP contribution in [0.3, 0.4) is 0 Å². The number of aliphatic imine (C=N–C) groups is 1. The molecule has 174 valence electrons. The molecular formula is C24H40IN5O. The van der Waals surface area contributed by atoms with Crippen molar-refractivity contribution in [3.05, 3.63) is 29.3 Å². The van der Waals surface area contributed by atoms with Crippen LogP contribution in [0.5, 0.6) is 0 Å². The van der Waals surface area contributed by atoms with Gasteiger partial charge in [-0.2, -0.15) is 0 Å². The smallest absolute Gasteiger partial charge is 0.225 e. The summed E-state index contributed by atoms with van der Waals surface area (Å²) in [7, 11) is 4.14. The first-order valence-corrected chi connectivity index (χ1v) is 11.6. The predicted molar refractivity (Wildman–Crippen MR) is 140 cm³/mol. The Kier molecular flexibility index (Phi) is 10.4. The average molecular weight is 542 g/mol. The van der Waals surface area contributed by atoms with E-state index in [0.717, 1.165) is 44.9 Å². The normalized spacial score (nSPS) is 19.7. The summed E-state index contributed by atoms with van der Waals surface area (Å²) >= 11 is 0. The number of rotatable bonds is 6. The fraction of sp³-hybridized carbons (Fsp3) is 0.667. The molecule has 1 aromatic carbocycles. The van der Waals surface area contributed by atoms with Crippen LogP contribution in [0.15, 0.2) is 23.2 Å². The molecule has 1 heterocycles. The lowest BCUT2D eigenvalue weighted by molar-refractivity contribution is -0.135. The molecule has 1 aliphatic carbocycles. The minimum Gasteiger partial charge on any atom is -0.377 e. The summed E-state index contributed by atoms with van der Waals surface area (Å²) in [6.45, 7) is 7.29. The van der Waals surface area contributed by atoms with Gasteiger partial charge in [-0.05, 0) is 50.3 Å². The van der Waals surface area contributed by atoms with Crippen LogP contribution in [0, 0.1) is 12.8 Å². The third-order valence-electron chi connectivity index (χ3n) is 6.27. The molecule has 3 rings (SSSR count). The van der Waals surface area contributed by atoms with Crippen molar-refractivity contribution in [1.29, 1.82) is 0 Å². The maximum atomic E-state index is 12.8. The SMILES string of the molecule is CCNC(=NCc1ccc(C)cc1N(C)C)NC1CCN(C(=O)C2CCCCC2)C1.I. The fourth-order valence-electron chi connectivity index (χ4n) is 4.59. The molecule has 0 radical (unpaired) electrons. The number of benzene rings is 1. The number of halogens is 1. The minimum atomic E-state index is 0. The van der Waals surface area contributed by atoms with Gasteiger partial charge in [0.15, 0.2) is 5.96 Å². The van der Waals surface area contributed by atoms with E-state index in [1.165, 1.54) is 36.1 Å². The van der Waals surface area contributed by atoms with Crippen LogP contribution in [0.2, 0.25) is 0 Å². The van der Waals surface area contributed by atoms with E-state index in [1.807, 2.05) is 0 Å². The quantitative estimate of drug-likeness (QED) is 0.326. The van der Waals surface area contributed by atoms with E-state index in [4.69, 9.17) is 4.99 Å². The van der Waals surface area contributed by atoms with Crippen LogP contribution in [0.1, 0.15) is 56.6 Å². The predicted octanol–water partition coefficient (Wildman–Crippen LogP) is 3.92. The van der Waals surface area contributed by atoms with Gasteiger partial charge in [0.1, 0.15) is 0 Å². The first kappa shape index (κ1) is 25.7. The molecule has 1 amide bonds. The molecule has 1 saturated carbocycles. The Bertz CT molecular complexity index is 745. The van der Waals surface area contributed by atoms with E-state index < -0.39 is 0 Å². The highest BCUT2D eigenvalue weighted by molar-refractivity contribution is 14.0. The monoisotopic (exact) mass is 541 g/mol. The standard InChI is InChI=1S/C24H39N5O.HI/c1-5-25-24(26-16-20-12-11-18(2)15-22(20)28(3)4)27-21-13-14-29(17-21)23(30)19-9-7-6-8-10-19;/h11-12,15,19,21H,5-10,13-14,16-17H2,1-4H3,(H2,25,26,27);1H. The average Bonchev–Trinajstić information content (AvgIpc) is 3.21. The van der Waals surface area contributed by atoms with Gasteiger partial charge in [0, 0.05) is 51.4 Å². The lowest BCUT2D eigenvalue weighted by Crippen LogP contribution is -2.45. The highest BCUT2D eigenvalue weighted by Crippen LogP contribution is 2.27. The van der Waals surface area contributed by atoms with Crippen LogP contribution in [0.25, 0.3) is 0 Å². The van der Waals surface area contributed by atoms with Crippen molar-refractivity contribution in [1.82, 2.24) is 15.5 Å². The Labute approximate surface area is 205 Å². The van der Waals surface area contributed by atoms with Crippen molar-refractivity contribution in [2.45, 2.75) is 65.0 Å². The van der Waals surface area contributed by atoms with Gasteiger partial charge in [-0.3, -0.25) is 4.79 Å². The number of amides is 1. The lowest BCUT2D eigenvalue weighted by atomic mass is 9.88. The molecule has 6 nitrogen and oxygen atoms in total. The first-order valence-electron chi connectivity index (χ1n) is 11.6. The molecule has 31 heavy (non-hydrogen) atoms. The summed E-state index contributed by atoms with van der Waals surface area (Å²) in [5, 5.41) is 6.94. The molecule has 1 unspecified atom stereocenters. The maximum Gasteiger partial charge on any atom is 0.225 e. The van der Waals surface area contributed by atoms with Crippen LogP contribution in [-0.4, -0.2) is 56.5 Å². The van der Waals surface area contributed by atoms with E-state index in [9.17, 15) is 4.79 Å². The van der Waals surface area contributed by atoms with Crippen LogP contribution in [0.4, 0.5) is 5.69 Å². The zero-order valence-corrected chi connectivity index (χ0v) is 21.9. The minimum absolute atomic E-state index is 0. The lowest BCUT2D eigenvalue weighted by Gasteiger charge is -2.26. The summed E-state index contributed by atoms with van der Waals surface area (Å²) in [6, 6.07) is 6.78. The van der Waals surface area contributed by atoms with Gasteiger partial charge in [0.2, 0.25) is 5.91 Å². The van der Waals surface area contributed by atoms with E-state index in [2.05, 4.69) is 66.6 Å². The van der Waals surface area contributed by atoms with Gasteiger partial charge in [0.25, 0.3) is 0 Å². The molecule has 2 aliphatic rings. The second-order valence-electron chi connectivity index (χ2n) is 8.97. The van der Waals surface area contributed by atoms with Gasteiger partial charge in [0.05, 0.1) is 6.54 Å². The molecule has 7 heteroatoms. The second kappa shape index (κ2) is 12.5. The van der Waals surface area contributed by atoms with Gasteiger partial charge in [-0.15, -0.1) is 24.0 Å². The van der Waals surface area contributed by atoms with Crippen LogP contribution >= 0.6 is 24.0 Å². The summed E-state index contributed by atoms with van der Waals surface area (Å²) < 4.78 is 0. The molecule has 2 N–H and O–H groups in total. The van der Waals surface area contributed by atoms with Crippen molar-refractivity contribution in [2.24, 2.45) is 10.9 Å². The van der Waals surface area contributed by atoms with E-state index in [1.54, 1.807) is 0 Å². The molecule has 1 saturated heterocycles. The van der Waals surface area contributed by atoms with Gasteiger partial charge in [-0.25, -0.2) is 4.99 Å². The summed E-state index contributed by atoms with van der Waals surface area (Å²) in [4.78, 5) is 21.9. The molecule has 1 aromatic rings. The molecular weight excluding hydrogens is 501 g/mol. The highest BCUT2D eigenvalue weighted by atomic mass is 127. The van der Waals surface area contributed by atoms with Gasteiger partial charge in [-0.1, -0.05) is 31.4 Å². The second-order valence-corrected chi connectivity index (χ2v) is 8.97. The largest absolute Gasteiger partial charge is 0.377 e. The number of hydrogen-bond acceptors (Lipinski definition) is 3. The van der Waals surface area contributed by atoms with E-state index in [-0.39, 0.29) is 35.9 Å². The zero-order valence-electron chi connectivity index (χ0n) is 19.6. The van der Waals surface area contributed by atoms with Crippen molar-refractivity contribution in [3.63, 3.8) is 0 Å². The van der Waals surface area contributed by atoms with Crippen molar-refractivity contribution in [3.8, 4) is 0 Å². The van der Waals surface area contributed by atoms with E-state index >= 15 is 0 Å². The van der Waals surface area contributed by atoms with Crippen molar-refractivity contribution < 1.29 is 4.79 Å². The first-order chi connectivity index (χ1) is 14.5. The molecule has 1 aliphatic heterocycles. The molecule has 1 atom stereocenters. The van der Waals surface area contributed by atoms with Gasteiger partial charge >= 0.3 is 0 Å². The number of carbonyl (C=O) groups is 1. The zero-order chi connectivity index (χ0) is 21.5. The summed E-state index contributed by atoms with van der Waals surface area (Å²) in [5.41, 5.74) is 3.67. The van der Waals surface area contributed by atoms with Crippen molar-refractivity contribution >= 4 is 41.5 Å². The maximum absolute atomic E-state index is 12.8. The number of aryl methyl sites for hydroxylation is 1. The summed E-state index contributed by atoms with van der Waals surface area (Å²) in [6.07, 6.45) is 6.82. The Morgan fingerprint density at radius 3 is 2.61 bits per heavy atom. The molecule has 0 bridgehead atoms. The fourth-order valence-corrected chi connectivity index (χ4v) is 4.59. The number of hydrogen-bond donors (Lipinski definition) is 2. The third-order valence-corrected chi connectivity index (χ3v) is 6.27. The van der Waals surface area contributed by atoms with Gasteiger partial charge < -0.3 is 20.4 Å².